The number of nitrogens with one attached hydrogen (secondary N) is 2. The lowest BCUT2D eigenvalue weighted by molar-refractivity contribution is -0.320. The van der Waals surface area contributed by atoms with E-state index < -0.39 is 57.0 Å². The van der Waals surface area contributed by atoms with Crippen LogP contribution < -0.4 is 10.9 Å². The molecule has 51 heavy (non-hydrogen) atoms. The molecule has 0 saturated carbocycles. The van der Waals surface area contributed by atoms with Crippen LogP contribution in [0.3, 0.4) is 0 Å². The summed E-state index contributed by atoms with van der Waals surface area (Å²) in [5.41, 5.74) is -0.539. The highest BCUT2D eigenvalue weighted by molar-refractivity contribution is 7.44. The third-order valence-electron chi connectivity index (χ3n) is 7.26. The molecular weight excluding hydrogens is 695 g/mol. The molecule has 2 aromatic heterocycles. The zero-order chi connectivity index (χ0) is 37.8. The summed E-state index contributed by atoms with van der Waals surface area (Å²) in [6, 6.07) is 0.0637. The standard InChI is InChI=1S/C31H51N6O13P/c1-17(2)27(40)34-30-33-26-23(28(41)35-30)32-16-36(26)29-25(49-31(46-13-11-44-20(7)38)47-14-12-45-21(8)39)24(22(48-29)15-42-9)50-51(43-10)37(18(3)4)19(5)6/h16-19,22,24-25,29,31H,11-15H2,1-10H3,(H2,33,34,35,40,41)/t22-,24?,25+,29-,51?/m1/s1. The van der Waals surface area contributed by atoms with Crippen LogP contribution in [0.2, 0.25) is 0 Å². The third kappa shape index (κ3) is 11.9. The van der Waals surface area contributed by atoms with Gasteiger partial charge in [-0.15, -0.1) is 0 Å². The quantitative estimate of drug-likeness (QED) is 0.0813. The van der Waals surface area contributed by atoms with Crippen LogP contribution in [0.1, 0.15) is 61.6 Å². The van der Waals surface area contributed by atoms with Crippen molar-refractivity contribution in [3.8, 4) is 0 Å². The molecule has 2 N–H and O–H groups in total. The predicted octanol–water partition coefficient (Wildman–Crippen LogP) is 2.46. The molecule has 5 atom stereocenters. The highest BCUT2D eigenvalue weighted by atomic mass is 31.2. The van der Waals surface area contributed by atoms with Gasteiger partial charge in [-0.25, -0.2) is 9.65 Å². The average Bonchev–Trinajstić information content (AvgIpc) is 3.61. The number of rotatable bonds is 21. The van der Waals surface area contributed by atoms with Gasteiger partial charge in [0.2, 0.25) is 11.9 Å². The van der Waals surface area contributed by atoms with Crippen LogP contribution in [0.5, 0.6) is 0 Å². The lowest BCUT2D eigenvalue weighted by Gasteiger charge is -2.38. The van der Waals surface area contributed by atoms with Gasteiger partial charge in [0.15, 0.2) is 17.4 Å². The van der Waals surface area contributed by atoms with E-state index in [4.69, 9.17) is 42.2 Å². The van der Waals surface area contributed by atoms with Crippen molar-refractivity contribution in [1.29, 1.82) is 0 Å². The van der Waals surface area contributed by atoms with Gasteiger partial charge in [-0.2, -0.15) is 4.98 Å². The first kappa shape index (κ1) is 42.3. The molecule has 1 amide bonds. The number of aromatic nitrogens is 4. The van der Waals surface area contributed by atoms with Gasteiger partial charge in [0.25, 0.3) is 20.6 Å². The van der Waals surface area contributed by atoms with Crippen molar-refractivity contribution >= 4 is 43.5 Å². The van der Waals surface area contributed by atoms with Crippen molar-refractivity contribution in [2.24, 2.45) is 5.92 Å². The fraction of sp³-hybridized carbons (Fsp3) is 0.742. The summed E-state index contributed by atoms with van der Waals surface area (Å²) in [7, 11) is 1.35. The van der Waals surface area contributed by atoms with Gasteiger partial charge in [0.05, 0.1) is 26.1 Å². The summed E-state index contributed by atoms with van der Waals surface area (Å²) in [6.07, 6.45) is -2.48. The van der Waals surface area contributed by atoms with Gasteiger partial charge in [-0.05, 0) is 27.7 Å². The van der Waals surface area contributed by atoms with Crippen molar-refractivity contribution in [2.45, 2.75) is 98.5 Å². The van der Waals surface area contributed by atoms with Crippen LogP contribution in [-0.2, 0) is 56.6 Å². The molecule has 0 bridgehead atoms. The third-order valence-corrected chi connectivity index (χ3v) is 9.29. The number of ether oxygens (including phenoxy) is 7. The van der Waals surface area contributed by atoms with Gasteiger partial charge >= 0.3 is 11.9 Å². The second kappa shape index (κ2) is 20.2. The molecule has 2 unspecified atom stereocenters. The number of methoxy groups -OCH3 is 1. The number of nitrogens with zero attached hydrogens (tertiary/aromatic N) is 4. The number of hydrogen-bond acceptors (Lipinski definition) is 16. The Labute approximate surface area is 297 Å². The number of fused-ring (bicyclic) bond motifs is 1. The molecule has 19 nitrogen and oxygen atoms in total. The van der Waals surface area contributed by atoms with E-state index in [0.29, 0.717) is 0 Å². The van der Waals surface area contributed by atoms with Crippen molar-refractivity contribution in [3.05, 3.63) is 16.7 Å². The maximum absolute atomic E-state index is 13.1. The number of carbonyl (C=O) groups is 3. The zero-order valence-corrected chi connectivity index (χ0v) is 31.7. The molecular formula is C31H51N6O13P. The van der Waals surface area contributed by atoms with Crippen molar-refractivity contribution in [3.63, 3.8) is 0 Å². The first-order valence-electron chi connectivity index (χ1n) is 16.5. The Hall–Kier alpha value is -3.13. The molecule has 0 aromatic carbocycles. The van der Waals surface area contributed by atoms with E-state index in [1.807, 2.05) is 27.7 Å². The van der Waals surface area contributed by atoms with E-state index in [2.05, 4.69) is 24.9 Å². The fourth-order valence-corrected chi connectivity index (χ4v) is 6.72. The second-order valence-corrected chi connectivity index (χ2v) is 13.8. The van der Waals surface area contributed by atoms with Gasteiger partial charge < -0.3 is 42.2 Å². The van der Waals surface area contributed by atoms with Crippen molar-refractivity contribution in [2.75, 3.05) is 52.6 Å². The van der Waals surface area contributed by atoms with E-state index in [9.17, 15) is 19.2 Å². The van der Waals surface area contributed by atoms with Gasteiger partial charge in [-0.3, -0.25) is 34.0 Å². The normalized spacial score (nSPS) is 19.9. The Kier molecular flexibility index (Phi) is 16.7. The van der Waals surface area contributed by atoms with Crippen molar-refractivity contribution < 1.29 is 56.6 Å². The molecule has 20 heteroatoms. The minimum atomic E-state index is -1.70. The van der Waals surface area contributed by atoms with Crippen LogP contribution >= 0.6 is 8.53 Å². The largest absolute Gasteiger partial charge is 0.463 e. The minimum Gasteiger partial charge on any atom is -0.463 e. The predicted molar refractivity (Wildman–Crippen MR) is 182 cm³/mol. The summed E-state index contributed by atoms with van der Waals surface area (Å²) in [6.45, 7) is 12.2. The SMILES string of the molecule is COC[C@H]1O[C@@H](n2cnc3c(=O)[nH]c(NC(=O)C(C)C)nc32)[C@@H](OC(OCCOC(C)=O)OCCOC(C)=O)C1OP(OC)N(C(C)C)C(C)C. The molecule has 3 rings (SSSR count). The van der Waals surface area contributed by atoms with Gasteiger partial charge in [-0.1, -0.05) is 13.8 Å². The van der Waals surface area contributed by atoms with E-state index in [0.717, 1.165) is 0 Å². The van der Waals surface area contributed by atoms with E-state index in [1.165, 1.54) is 31.9 Å². The minimum absolute atomic E-state index is 0.0238. The molecule has 288 valence electrons. The molecule has 0 radical (unpaired) electrons. The Morgan fingerprint density at radius 1 is 0.980 bits per heavy atom. The van der Waals surface area contributed by atoms with Crippen molar-refractivity contribution in [1.82, 2.24) is 24.2 Å². The second-order valence-electron chi connectivity index (χ2n) is 12.3. The zero-order valence-electron chi connectivity index (χ0n) is 30.8. The highest BCUT2D eigenvalue weighted by Gasteiger charge is 2.51. The monoisotopic (exact) mass is 746 g/mol. The van der Waals surface area contributed by atoms with Crippen LogP contribution in [0.15, 0.2) is 11.1 Å². The number of anilines is 1. The summed E-state index contributed by atoms with van der Waals surface area (Å²) in [5, 5.41) is 2.61. The number of esters is 2. The fourth-order valence-electron chi connectivity index (χ4n) is 5.12. The van der Waals surface area contributed by atoms with E-state index >= 15 is 0 Å². The number of amides is 1. The Balaban J connectivity index is 2.11. The van der Waals surface area contributed by atoms with E-state index in [1.54, 1.807) is 21.0 Å². The lowest BCUT2D eigenvalue weighted by Crippen LogP contribution is -2.43. The number of imidazole rings is 1. The Morgan fingerprint density at radius 3 is 2.10 bits per heavy atom. The average molecular weight is 747 g/mol. The maximum atomic E-state index is 13.1. The summed E-state index contributed by atoms with van der Waals surface area (Å²) >= 11 is 0. The number of hydrogen-bond donors (Lipinski definition) is 2. The molecule has 1 aliphatic heterocycles. The number of aromatic amines is 1. The maximum Gasteiger partial charge on any atom is 0.302 e. The molecule has 0 spiro atoms. The van der Waals surface area contributed by atoms with Crippen LogP contribution in [-0.4, -0.2) is 126 Å². The Morgan fingerprint density at radius 2 is 1.59 bits per heavy atom. The summed E-state index contributed by atoms with van der Waals surface area (Å²) in [5.74, 6) is -1.83. The summed E-state index contributed by atoms with van der Waals surface area (Å²) < 4.78 is 56.4. The van der Waals surface area contributed by atoms with Crippen LogP contribution in [0.25, 0.3) is 11.2 Å². The topological polar surface area (TPSA) is 213 Å². The molecule has 1 aliphatic rings. The van der Waals surface area contributed by atoms with Gasteiger partial charge in [0, 0.05) is 46.1 Å². The summed E-state index contributed by atoms with van der Waals surface area (Å²) in [4.78, 5) is 59.6. The first-order valence-corrected chi connectivity index (χ1v) is 17.7. The van der Waals surface area contributed by atoms with Gasteiger partial charge in [0.1, 0.15) is 31.5 Å². The molecule has 3 heterocycles. The Bertz CT molecular complexity index is 1460. The molecule has 1 saturated heterocycles. The number of carbonyl (C=O) groups excluding carboxylic acids is 3. The lowest BCUT2D eigenvalue weighted by atomic mass is 10.1. The molecule has 2 aromatic rings. The van der Waals surface area contributed by atoms with Crippen LogP contribution in [0.4, 0.5) is 5.95 Å². The molecule has 1 fully saturated rings. The smallest absolute Gasteiger partial charge is 0.302 e. The first-order chi connectivity index (χ1) is 24.2. The highest BCUT2D eigenvalue weighted by Crippen LogP contribution is 2.50. The van der Waals surface area contributed by atoms with E-state index in [-0.39, 0.29) is 74.1 Å². The number of H-pyrrole nitrogens is 1. The molecule has 0 aliphatic carbocycles. The van der Waals surface area contributed by atoms with Crippen LogP contribution in [0, 0.1) is 5.92 Å².